The number of hydrogen-bond donors (Lipinski definition) is 2. The van der Waals surface area contributed by atoms with Crippen molar-refractivity contribution < 1.29 is 19.4 Å². The molecule has 0 radical (unpaired) electrons. The van der Waals surface area contributed by atoms with Crippen LogP contribution in [0.1, 0.15) is 21.5 Å². The second-order valence-corrected chi connectivity index (χ2v) is 7.02. The fraction of sp³-hybridized carbons (Fsp3) is 0.227. The molecular formula is C22H21N3O4. The van der Waals surface area contributed by atoms with Gasteiger partial charge >= 0.3 is 0 Å². The first-order valence-electron chi connectivity index (χ1n) is 9.17. The van der Waals surface area contributed by atoms with Crippen LogP contribution in [0.15, 0.2) is 55.0 Å². The summed E-state index contributed by atoms with van der Waals surface area (Å²) in [4.78, 5) is 20.7. The Kier molecular flexibility index (Phi) is 5.00. The van der Waals surface area contributed by atoms with Crippen molar-refractivity contribution in [3.05, 3.63) is 71.7 Å². The molecule has 0 spiro atoms. The van der Waals surface area contributed by atoms with Gasteiger partial charge in [-0.25, -0.2) is 4.98 Å². The predicted octanol–water partition coefficient (Wildman–Crippen LogP) is 2.93. The van der Waals surface area contributed by atoms with Gasteiger partial charge in [-0.05, 0) is 48.4 Å². The van der Waals surface area contributed by atoms with Crippen LogP contribution in [0.4, 0.5) is 5.69 Å². The van der Waals surface area contributed by atoms with Crippen LogP contribution in [0.25, 0.3) is 11.1 Å². The standard InChI is InChI=1S/C22H21N3O4/c1-14-3-4-17(25-20(26)15-5-7-23-8-6-15)10-18(14)16-9-19(21(28-2)24-11-16)22(27)12-29-13-22/h3-11,27H,12-13H2,1-2H3,(H,25,26). The number of methoxy groups -OCH3 is 1. The highest BCUT2D eigenvalue weighted by molar-refractivity contribution is 6.04. The molecule has 1 aliphatic heterocycles. The van der Waals surface area contributed by atoms with E-state index in [4.69, 9.17) is 9.47 Å². The molecule has 3 aromatic rings. The van der Waals surface area contributed by atoms with E-state index in [1.165, 1.54) is 7.11 Å². The lowest BCUT2D eigenvalue weighted by Gasteiger charge is -2.37. The molecular weight excluding hydrogens is 370 g/mol. The summed E-state index contributed by atoms with van der Waals surface area (Å²) in [5.41, 5.74) is 3.42. The summed E-state index contributed by atoms with van der Waals surface area (Å²) in [6, 6.07) is 10.9. The zero-order valence-corrected chi connectivity index (χ0v) is 16.2. The Hall–Kier alpha value is -3.29. The minimum Gasteiger partial charge on any atom is -0.481 e. The quantitative estimate of drug-likeness (QED) is 0.695. The zero-order valence-electron chi connectivity index (χ0n) is 16.2. The van der Waals surface area contributed by atoms with E-state index >= 15 is 0 Å². The summed E-state index contributed by atoms with van der Waals surface area (Å²) < 4.78 is 10.5. The number of carbonyl (C=O) groups excluding carboxylic acids is 1. The predicted molar refractivity (Wildman–Crippen MR) is 108 cm³/mol. The minimum absolute atomic E-state index is 0.204. The minimum atomic E-state index is -1.10. The number of rotatable bonds is 5. The third kappa shape index (κ3) is 3.70. The summed E-state index contributed by atoms with van der Waals surface area (Å²) in [5, 5.41) is 13.6. The van der Waals surface area contributed by atoms with E-state index in [-0.39, 0.29) is 19.1 Å². The van der Waals surface area contributed by atoms with E-state index in [9.17, 15) is 9.90 Å². The van der Waals surface area contributed by atoms with Gasteiger partial charge in [0, 0.05) is 35.4 Å². The van der Waals surface area contributed by atoms with E-state index in [1.807, 2.05) is 31.2 Å². The van der Waals surface area contributed by atoms with Gasteiger partial charge < -0.3 is 19.9 Å². The Bertz CT molecular complexity index is 1050. The Morgan fingerprint density at radius 1 is 1.21 bits per heavy atom. The molecule has 0 bridgehead atoms. The Morgan fingerprint density at radius 3 is 2.62 bits per heavy atom. The smallest absolute Gasteiger partial charge is 0.255 e. The molecule has 0 saturated carbocycles. The molecule has 1 amide bonds. The van der Waals surface area contributed by atoms with Crippen molar-refractivity contribution in [3.8, 4) is 17.0 Å². The molecule has 29 heavy (non-hydrogen) atoms. The highest BCUT2D eigenvalue weighted by Crippen LogP contribution is 2.37. The highest BCUT2D eigenvalue weighted by atomic mass is 16.5. The van der Waals surface area contributed by atoms with Crippen LogP contribution >= 0.6 is 0 Å². The van der Waals surface area contributed by atoms with Crippen molar-refractivity contribution in [3.63, 3.8) is 0 Å². The van der Waals surface area contributed by atoms with Crippen LogP contribution in [-0.2, 0) is 10.3 Å². The van der Waals surface area contributed by atoms with Crippen LogP contribution in [-0.4, -0.2) is 41.3 Å². The van der Waals surface area contributed by atoms with Gasteiger partial charge in [-0.1, -0.05) is 6.07 Å². The number of aryl methyl sites for hydroxylation is 1. The van der Waals surface area contributed by atoms with E-state index in [0.717, 1.165) is 16.7 Å². The van der Waals surface area contributed by atoms with E-state index < -0.39 is 5.60 Å². The maximum absolute atomic E-state index is 12.4. The van der Waals surface area contributed by atoms with Crippen LogP contribution in [0, 0.1) is 6.92 Å². The van der Waals surface area contributed by atoms with Gasteiger partial charge in [0.25, 0.3) is 5.91 Å². The molecule has 4 rings (SSSR count). The first kappa shape index (κ1) is 19.0. The lowest BCUT2D eigenvalue weighted by Crippen LogP contribution is -2.46. The normalized spacial score (nSPS) is 14.7. The molecule has 2 aromatic heterocycles. The molecule has 7 heteroatoms. The lowest BCUT2D eigenvalue weighted by molar-refractivity contribution is -0.185. The summed E-state index contributed by atoms with van der Waals surface area (Å²) in [6.45, 7) is 2.39. The first-order chi connectivity index (χ1) is 14.0. The summed E-state index contributed by atoms with van der Waals surface area (Å²) in [5.74, 6) is 0.163. The molecule has 7 nitrogen and oxygen atoms in total. The largest absolute Gasteiger partial charge is 0.481 e. The van der Waals surface area contributed by atoms with E-state index in [2.05, 4.69) is 15.3 Å². The van der Waals surface area contributed by atoms with Crippen molar-refractivity contribution in [2.24, 2.45) is 0 Å². The Labute approximate surface area is 168 Å². The van der Waals surface area contributed by atoms with Gasteiger partial charge in [0.1, 0.15) is 5.60 Å². The van der Waals surface area contributed by atoms with Crippen molar-refractivity contribution >= 4 is 11.6 Å². The molecule has 0 aliphatic carbocycles. The van der Waals surface area contributed by atoms with Gasteiger partial charge in [0.2, 0.25) is 5.88 Å². The maximum Gasteiger partial charge on any atom is 0.255 e. The van der Waals surface area contributed by atoms with E-state index in [0.29, 0.717) is 22.7 Å². The number of ether oxygens (including phenoxy) is 2. The number of anilines is 1. The number of hydrogen-bond acceptors (Lipinski definition) is 6. The number of benzene rings is 1. The van der Waals surface area contributed by atoms with Crippen LogP contribution in [0.2, 0.25) is 0 Å². The fourth-order valence-corrected chi connectivity index (χ4v) is 3.26. The van der Waals surface area contributed by atoms with Gasteiger partial charge in [-0.2, -0.15) is 0 Å². The first-order valence-corrected chi connectivity index (χ1v) is 9.17. The number of aromatic nitrogens is 2. The molecule has 2 N–H and O–H groups in total. The van der Waals surface area contributed by atoms with Crippen molar-refractivity contribution in [2.75, 3.05) is 25.6 Å². The van der Waals surface area contributed by atoms with E-state index in [1.54, 1.807) is 30.7 Å². The summed E-state index contributed by atoms with van der Waals surface area (Å²) in [7, 11) is 1.52. The summed E-state index contributed by atoms with van der Waals surface area (Å²) >= 11 is 0. The third-order valence-electron chi connectivity index (χ3n) is 4.98. The second kappa shape index (κ2) is 7.62. The number of nitrogens with zero attached hydrogens (tertiary/aromatic N) is 2. The number of amides is 1. The molecule has 3 heterocycles. The number of pyridine rings is 2. The maximum atomic E-state index is 12.4. The third-order valence-corrected chi connectivity index (χ3v) is 4.98. The van der Waals surface area contributed by atoms with Crippen molar-refractivity contribution in [1.82, 2.24) is 9.97 Å². The summed E-state index contributed by atoms with van der Waals surface area (Å²) in [6.07, 6.45) is 4.85. The van der Waals surface area contributed by atoms with Crippen LogP contribution in [0.5, 0.6) is 5.88 Å². The molecule has 148 valence electrons. The molecule has 1 fully saturated rings. The van der Waals surface area contributed by atoms with Crippen molar-refractivity contribution in [2.45, 2.75) is 12.5 Å². The zero-order chi connectivity index (χ0) is 20.4. The molecule has 0 unspecified atom stereocenters. The highest BCUT2D eigenvalue weighted by Gasteiger charge is 2.41. The fourth-order valence-electron chi connectivity index (χ4n) is 3.26. The molecule has 1 saturated heterocycles. The van der Waals surface area contributed by atoms with Gasteiger partial charge in [-0.3, -0.25) is 9.78 Å². The average molecular weight is 391 g/mol. The molecule has 0 atom stereocenters. The number of aliphatic hydroxyl groups is 1. The number of carbonyl (C=O) groups is 1. The van der Waals surface area contributed by atoms with Gasteiger partial charge in [0.15, 0.2) is 0 Å². The van der Waals surface area contributed by atoms with Crippen molar-refractivity contribution in [1.29, 1.82) is 0 Å². The average Bonchev–Trinajstić information content (AvgIpc) is 2.73. The SMILES string of the molecule is COc1ncc(-c2cc(NC(=O)c3ccncc3)ccc2C)cc1C1(O)COC1. The van der Waals surface area contributed by atoms with Crippen LogP contribution in [0.3, 0.4) is 0 Å². The van der Waals surface area contributed by atoms with Gasteiger partial charge in [0.05, 0.1) is 25.9 Å². The number of nitrogens with one attached hydrogen (secondary N) is 1. The molecule has 1 aromatic carbocycles. The van der Waals surface area contributed by atoms with Crippen LogP contribution < -0.4 is 10.1 Å². The van der Waals surface area contributed by atoms with Gasteiger partial charge in [-0.15, -0.1) is 0 Å². The Balaban J connectivity index is 1.68. The topological polar surface area (TPSA) is 93.6 Å². The Morgan fingerprint density at radius 2 is 1.97 bits per heavy atom. The monoisotopic (exact) mass is 391 g/mol. The second-order valence-electron chi connectivity index (χ2n) is 7.02. The lowest BCUT2D eigenvalue weighted by atomic mass is 9.90. The molecule has 1 aliphatic rings.